The Balaban J connectivity index is 1.65. The first-order chi connectivity index (χ1) is 13.4. The number of rotatable bonds is 9. The van der Waals surface area contributed by atoms with Crippen LogP contribution >= 0.6 is 0 Å². The Morgan fingerprint density at radius 1 is 1.21 bits per heavy atom. The number of carbonyl (C=O) groups is 2. The van der Waals surface area contributed by atoms with Crippen LogP contribution in [0.1, 0.15) is 45.1 Å². The van der Waals surface area contributed by atoms with E-state index >= 15 is 0 Å². The molecule has 1 aromatic rings. The van der Waals surface area contributed by atoms with Crippen molar-refractivity contribution in [3.63, 3.8) is 0 Å². The number of aryl methyl sites for hydroxylation is 1. The van der Waals surface area contributed by atoms with Gasteiger partial charge in [-0.25, -0.2) is 8.78 Å². The summed E-state index contributed by atoms with van der Waals surface area (Å²) in [7, 11) is 0. The zero-order chi connectivity index (χ0) is 20.5. The summed E-state index contributed by atoms with van der Waals surface area (Å²) in [5.74, 6) is -1.83. The fourth-order valence-electron chi connectivity index (χ4n) is 3.24. The Kier molecular flexibility index (Phi) is 8.83. The van der Waals surface area contributed by atoms with Gasteiger partial charge in [0.1, 0.15) is 0 Å². The Bertz CT molecular complexity index is 659. The molecule has 7 heteroatoms. The molecule has 0 radical (unpaired) electrons. The number of piperidine rings is 1. The van der Waals surface area contributed by atoms with Gasteiger partial charge in [0.15, 0.2) is 11.6 Å². The maximum atomic E-state index is 13.2. The van der Waals surface area contributed by atoms with Crippen molar-refractivity contribution in [2.24, 2.45) is 5.92 Å². The lowest BCUT2D eigenvalue weighted by molar-refractivity contribution is -0.135. The number of hydrogen-bond acceptors (Lipinski definition) is 3. The molecular formula is C21H30F2N2O3. The van der Waals surface area contributed by atoms with E-state index in [-0.39, 0.29) is 30.3 Å². The second-order valence-electron chi connectivity index (χ2n) is 7.47. The van der Waals surface area contributed by atoms with Gasteiger partial charge in [-0.3, -0.25) is 9.59 Å². The predicted molar refractivity (Wildman–Crippen MR) is 103 cm³/mol. The van der Waals surface area contributed by atoms with Crippen LogP contribution in [0, 0.1) is 17.6 Å². The van der Waals surface area contributed by atoms with Crippen LogP contribution in [-0.4, -0.2) is 49.1 Å². The minimum absolute atomic E-state index is 0.0191. The smallest absolute Gasteiger partial charge is 0.223 e. The van der Waals surface area contributed by atoms with Gasteiger partial charge in [0.05, 0.1) is 6.10 Å². The highest BCUT2D eigenvalue weighted by atomic mass is 19.2. The minimum atomic E-state index is -0.896. The molecule has 28 heavy (non-hydrogen) atoms. The van der Waals surface area contributed by atoms with Crippen LogP contribution in [0.15, 0.2) is 18.2 Å². The topological polar surface area (TPSA) is 58.6 Å². The lowest BCUT2D eigenvalue weighted by Crippen LogP contribution is -2.43. The van der Waals surface area contributed by atoms with Crippen molar-refractivity contribution >= 4 is 11.8 Å². The highest BCUT2D eigenvalue weighted by Gasteiger charge is 2.26. The molecule has 1 N–H and O–H groups in total. The Labute approximate surface area is 165 Å². The average molecular weight is 396 g/mol. The van der Waals surface area contributed by atoms with Crippen molar-refractivity contribution in [3.8, 4) is 0 Å². The largest absolute Gasteiger partial charge is 0.379 e. The highest BCUT2D eigenvalue weighted by Crippen LogP contribution is 2.19. The lowest BCUT2D eigenvalue weighted by Gasteiger charge is -2.31. The van der Waals surface area contributed by atoms with Crippen molar-refractivity contribution in [1.82, 2.24) is 10.2 Å². The van der Waals surface area contributed by atoms with Crippen LogP contribution in [0.5, 0.6) is 0 Å². The zero-order valence-electron chi connectivity index (χ0n) is 16.7. The quantitative estimate of drug-likeness (QED) is 0.653. The number of nitrogens with one attached hydrogen (secondary N) is 1. The molecule has 0 aromatic heterocycles. The molecule has 0 atom stereocenters. The molecule has 1 aliphatic rings. The summed E-state index contributed by atoms with van der Waals surface area (Å²) in [4.78, 5) is 26.3. The average Bonchev–Trinajstić information content (AvgIpc) is 2.68. The monoisotopic (exact) mass is 396 g/mol. The molecule has 2 amide bonds. The van der Waals surface area contributed by atoms with Crippen LogP contribution in [0.2, 0.25) is 0 Å². The SMILES string of the molecule is CC(C)OCCCNC(=O)C1CCN(C(=O)CCc2ccc(F)c(F)c2)CC1. The molecule has 0 aliphatic carbocycles. The molecule has 0 spiro atoms. The molecule has 1 aliphatic heterocycles. The third kappa shape index (κ3) is 7.19. The van der Waals surface area contributed by atoms with Gasteiger partial charge < -0.3 is 15.0 Å². The molecule has 1 saturated heterocycles. The van der Waals surface area contributed by atoms with Gasteiger partial charge in [-0.1, -0.05) is 6.07 Å². The molecule has 1 aromatic carbocycles. The second kappa shape index (κ2) is 11.1. The van der Waals surface area contributed by atoms with Crippen molar-refractivity contribution in [3.05, 3.63) is 35.4 Å². The van der Waals surface area contributed by atoms with E-state index < -0.39 is 11.6 Å². The normalized spacial score (nSPS) is 15.1. The zero-order valence-corrected chi connectivity index (χ0v) is 16.7. The summed E-state index contributed by atoms with van der Waals surface area (Å²) in [6.45, 7) is 6.27. The van der Waals surface area contributed by atoms with Gasteiger partial charge in [-0.05, 0) is 57.2 Å². The molecule has 0 saturated carbocycles. The fraction of sp³-hybridized carbons (Fsp3) is 0.619. The number of amides is 2. The summed E-state index contributed by atoms with van der Waals surface area (Å²) in [5, 5.41) is 2.94. The fourth-order valence-corrected chi connectivity index (χ4v) is 3.24. The summed E-state index contributed by atoms with van der Waals surface area (Å²) in [5.41, 5.74) is 0.600. The molecule has 156 valence electrons. The number of carbonyl (C=O) groups excluding carboxylic acids is 2. The first-order valence-corrected chi connectivity index (χ1v) is 9.98. The van der Waals surface area contributed by atoms with E-state index in [4.69, 9.17) is 4.74 Å². The summed E-state index contributed by atoms with van der Waals surface area (Å²) < 4.78 is 31.6. The first kappa shape index (κ1) is 22.3. The van der Waals surface area contributed by atoms with Gasteiger partial charge in [-0.2, -0.15) is 0 Å². The van der Waals surface area contributed by atoms with Crippen LogP contribution < -0.4 is 5.32 Å². The second-order valence-corrected chi connectivity index (χ2v) is 7.47. The standard InChI is InChI=1S/C21H30F2N2O3/c1-15(2)28-13-3-10-24-21(27)17-8-11-25(12-9-17)20(26)7-5-16-4-6-18(22)19(23)14-16/h4,6,14-15,17H,3,5,7-13H2,1-2H3,(H,24,27). The van der Waals surface area contributed by atoms with Crippen LogP contribution in [0.4, 0.5) is 8.78 Å². The van der Waals surface area contributed by atoms with Crippen molar-refractivity contribution in [2.75, 3.05) is 26.2 Å². The minimum Gasteiger partial charge on any atom is -0.379 e. The maximum absolute atomic E-state index is 13.2. The maximum Gasteiger partial charge on any atom is 0.223 e. The van der Waals surface area contributed by atoms with Crippen LogP contribution in [-0.2, 0) is 20.7 Å². The van der Waals surface area contributed by atoms with E-state index in [0.717, 1.165) is 18.6 Å². The number of likely N-dealkylation sites (tertiary alicyclic amines) is 1. The van der Waals surface area contributed by atoms with Gasteiger partial charge in [0, 0.05) is 38.6 Å². The van der Waals surface area contributed by atoms with Gasteiger partial charge >= 0.3 is 0 Å². The molecule has 0 bridgehead atoms. The molecule has 5 nitrogen and oxygen atoms in total. The van der Waals surface area contributed by atoms with Crippen molar-refractivity contribution < 1.29 is 23.1 Å². The van der Waals surface area contributed by atoms with E-state index in [1.165, 1.54) is 6.07 Å². The predicted octanol–water partition coefficient (Wildman–Crippen LogP) is 3.07. The number of hydrogen-bond donors (Lipinski definition) is 1. The van der Waals surface area contributed by atoms with E-state index in [9.17, 15) is 18.4 Å². The molecule has 0 unspecified atom stereocenters. The van der Waals surface area contributed by atoms with Gasteiger partial charge in [0.25, 0.3) is 0 Å². The Hall–Kier alpha value is -2.02. The van der Waals surface area contributed by atoms with E-state index in [1.807, 2.05) is 13.8 Å². The first-order valence-electron chi connectivity index (χ1n) is 9.98. The van der Waals surface area contributed by atoms with E-state index in [2.05, 4.69) is 5.32 Å². The lowest BCUT2D eigenvalue weighted by atomic mass is 9.95. The third-order valence-electron chi connectivity index (χ3n) is 4.90. The molecular weight excluding hydrogens is 366 g/mol. The van der Waals surface area contributed by atoms with E-state index in [0.29, 0.717) is 51.1 Å². The summed E-state index contributed by atoms with van der Waals surface area (Å²) in [6, 6.07) is 3.70. The van der Waals surface area contributed by atoms with Crippen molar-refractivity contribution in [1.29, 1.82) is 0 Å². The number of halogens is 2. The molecule has 2 rings (SSSR count). The van der Waals surface area contributed by atoms with Gasteiger partial charge in [0.2, 0.25) is 11.8 Å². The summed E-state index contributed by atoms with van der Waals surface area (Å²) in [6.07, 6.45) is 2.88. The van der Waals surface area contributed by atoms with Gasteiger partial charge in [-0.15, -0.1) is 0 Å². The third-order valence-corrected chi connectivity index (χ3v) is 4.90. The summed E-state index contributed by atoms with van der Waals surface area (Å²) >= 11 is 0. The van der Waals surface area contributed by atoms with Crippen LogP contribution in [0.3, 0.4) is 0 Å². The number of nitrogens with zero attached hydrogens (tertiary/aromatic N) is 1. The Morgan fingerprint density at radius 3 is 2.57 bits per heavy atom. The molecule has 1 heterocycles. The molecule has 1 fully saturated rings. The highest BCUT2D eigenvalue weighted by molar-refractivity contribution is 5.80. The number of ether oxygens (including phenoxy) is 1. The van der Waals surface area contributed by atoms with E-state index in [1.54, 1.807) is 4.90 Å². The van der Waals surface area contributed by atoms with Crippen LogP contribution in [0.25, 0.3) is 0 Å². The van der Waals surface area contributed by atoms with Crippen molar-refractivity contribution in [2.45, 2.75) is 52.1 Å². The number of benzene rings is 1. The Morgan fingerprint density at radius 2 is 1.93 bits per heavy atom.